The van der Waals surface area contributed by atoms with E-state index in [-0.39, 0.29) is 66.6 Å². The van der Waals surface area contributed by atoms with Crippen molar-refractivity contribution in [2.75, 3.05) is 118 Å². The summed E-state index contributed by atoms with van der Waals surface area (Å²) < 4.78 is 56.9. The van der Waals surface area contributed by atoms with E-state index in [1.165, 1.54) is 4.90 Å². The van der Waals surface area contributed by atoms with Crippen molar-refractivity contribution in [2.24, 2.45) is 10.8 Å². The van der Waals surface area contributed by atoms with Crippen LogP contribution < -0.4 is 30.7 Å². The zero-order valence-corrected chi connectivity index (χ0v) is 49.6. The highest BCUT2D eigenvalue weighted by molar-refractivity contribution is 6.32. The molecule has 84 heavy (non-hydrogen) atoms. The third-order valence-electron chi connectivity index (χ3n) is 14.4. The summed E-state index contributed by atoms with van der Waals surface area (Å²) >= 11 is 12.6. The number of fused-ring (bicyclic) bond motifs is 1. The molecule has 1 unspecified atom stereocenters. The average Bonchev–Trinajstić information content (AvgIpc) is 0.900. The SMILES string of the molecule is CC1(C)C(NC(=O)c2ccc(OCCOCCOCCOCCOCCOCCOCCOCCOCCc3cc(Cl)cc(NC(=O)NCc4ccc5c(c4)CN(C4CCC(=O)NC4=O)C5=O)c3)cc2)C(C)(C)C1Oc1ccc(C#N)c(Cl)c1. The Balaban J connectivity index is 0.599. The molecule has 6 amide bonds. The highest BCUT2D eigenvalue weighted by Crippen LogP contribution is 2.55. The van der Waals surface area contributed by atoms with Crippen LogP contribution in [0.1, 0.15) is 83.5 Å². The summed E-state index contributed by atoms with van der Waals surface area (Å²) in [6, 6.07) is 23.4. The lowest BCUT2D eigenvalue weighted by atomic mass is 9.49. The van der Waals surface area contributed by atoms with Gasteiger partial charge in [-0.15, -0.1) is 0 Å². The number of urea groups is 1. The number of amides is 6. The predicted molar refractivity (Wildman–Crippen MR) is 311 cm³/mol. The molecular weight excluding hydrogens is 1130 g/mol. The summed E-state index contributed by atoms with van der Waals surface area (Å²) in [5.41, 5.74) is 3.62. The fraction of sp³-hybridized carbons (Fsp3) is 0.508. The average molecular weight is 1200 g/mol. The van der Waals surface area contributed by atoms with E-state index in [0.29, 0.717) is 163 Å². The third kappa shape index (κ3) is 19.3. The van der Waals surface area contributed by atoms with Gasteiger partial charge in [0.25, 0.3) is 11.8 Å². The number of benzene rings is 4. The van der Waals surface area contributed by atoms with E-state index >= 15 is 0 Å². The normalized spacial score (nSPS) is 17.7. The molecule has 1 saturated heterocycles. The lowest BCUT2D eigenvalue weighted by Crippen LogP contribution is -2.74. The molecule has 0 bridgehead atoms. The summed E-state index contributed by atoms with van der Waals surface area (Å²) in [7, 11) is 0. The maximum absolute atomic E-state index is 13.3. The van der Waals surface area contributed by atoms with Crippen LogP contribution in [0.5, 0.6) is 11.5 Å². The van der Waals surface area contributed by atoms with Crippen LogP contribution in [-0.2, 0) is 67.0 Å². The number of nitriles is 1. The molecule has 21 nitrogen and oxygen atoms in total. The van der Waals surface area contributed by atoms with Crippen LogP contribution in [0.4, 0.5) is 10.5 Å². The lowest BCUT2D eigenvalue weighted by molar-refractivity contribution is -0.164. The molecule has 0 spiro atoms. The number of carbonyl (C=O) groups excluding carboxylic acids is 5. The number of ether oxygens (including phenoxy) is 10. The number of rotatable bonds is 36. The first-order valence-electron chi connectivity index (χ1n) is 28.2. The van der Waals surface area contributed by atoms with Crippen molar-refractivity contribution in [3.8, 4) is 17.6 Å². The number of anilines is 1. The molecule has 4 aromatic carbocycles. The Morgan fingerprint density at radius 3 is 1.79 bits per heavy atom. The van der Waals surface area contributed by atoms with E-state index in [4.69, 9.17) is 70.6 Å². The Bertz CT molecular complexity index is 2870. The fourth-order valence-corrected chi connectivity index (χ4v) is 11.0. The largest absolute Gasteiger partial charge is 0.491 e. The Kier molecular flexibility index (Phi) is 25.4. The van der Waals surface area contributed by atoms with Crippen LogP contribution in [0.3, 0.4) is 0 Å². The Hall–Kier alpha value is -6.42. The third-order valence-corrected chi connectivity index (χ3v) is 15.0. The Labute approximate surface area is 500 Å². The van der Waals surface area contributed by atoms with Gasteiger partial charge >= 0.3 is 6.03 Å². The van der Waals surface area contributed by atoms with Crippen molar-refractivity contribution in [3.05, 3.63) is 122 Å². The molecule has 7 rings (SSSR count). The van der Waals surface area contributed by atoms with Crippen molar-refractivity contribution < 1.29 is 71.3 Å². The van der Waals surface area contributed by atoms with E-state index in [1.807, 2.05) is 18.2 Å². The first-order chi connectivity index (χ1) is 40.5. The van der Waals surface area contributed by atoms with E-state index < -0.39 is 18.0 Å². The molecule has 0 aromatic heterocycles. The highest BCUT2D eigenvalue weighted by atomic mass is 35.5. The number of nitrogens with one attached hydrogen (secondary N) is 4. The number of hydrogen-bond acceptors (Lipinski definition) is 16. The van der Waals surface area contributed by atoms with Gasteiger partial charge in [0.2, 0.25) is 11.8 Å². The van der Waals surface area contributed by atoms with Crippen molar-refractivity contribution in [3.63, 3.8) is 0 Å². The Morgan fingerprint density at radius 2 is 1.23 bits per heavy atom. The van der Waals surface area contributed by atoms with E-state index in [2.05, 4.69) is 55.0 Å². The second-order valence-electron chi connectivity index (χ2n) is 21.4. The number of halogens is 2. The minimum absolute atomic E-state index is 0.156. The van der Waals surface area contributed by atoms with Crippen molar-refractivity contribution in [2.45, 2.75) is 78.2 Å². The molecule has 4 aromatic rings. The molecule has 23 heteroatoms. The second-order valence-corrected chi connectivity index (χ2v) is 22.2. The van der Waals surface area contributed by atoms with Gasteiger partial charge in [0.1, 0.15) is 36.3 Å². The smallest absolute Gasteiger partial charge is 0.319 e. The van der Waals surface area contributed by atoms with Crippen LogP contribution in [0.2, 0.25) is 10.0 Å². The lowest BCUT2D eigenvalue weighted by Gasteiger charge is -2.63. The van der Waals surface area contributed by atoms with Crippen LogP contribution in [0, 0.1) is 22.2 Å². The molecule has 1 atom stereocenters. The molecule has 1 aliphatic carbocycles. The van der Waals surface area contributed by atoms with Gasteiger partial charge in [-0.1, -0.05) is 63.0 Å². The van der Waals surface area contributed by atoms with Gasteiger partial charge < -0.3 is 68.2 Å². The zero-order valence-electron chi connectivity index (χ0n) is 48.1. The number of hydrogen-bond donors (Lipinski definition) is 4. The summed E-state index contributed by atoms with van der Waals surface area (Å²) in [5.74, 6) is -0.0249. The highest BCUT2D eigenvalue weighted by Gasteiger charge is 2.64. The molecule has 0 radical (unpaired) electrons. The van der Waals surface area contributed by atoms with Gasteiger partial charge in [-0.2, -0.15) is 5.26 Å². The summed E-state index contributed by atoms with van der Waals surface area (Å²) in [4.78, 5) is 64.5. The number of nitrogens with zero attached hydrogens (tertiary/aromatic N) is 2. The number of piperidine rings is 1. The zero-order chi connectivity index (χ0) is 59.9. The van der Waals surface area contributed by atoms with Gasteiger partial charge in [0.15, 0.2) is 0 Å². The van der Waals surface area contributed by atoms with Crippen LogP contribution >= 0.6 is 23.2 Å². The van der Waals surface area contributed by atoms with Crippen LogP contribution in [0.25, 0.3) is 0 Å². The van der Waals surface area contributed by atoms with Crippen LogP contribution in [0.15, 0.2) is 78.9 Å². The number of carbonyl (C=O) groups is 5. The molecule has 2 fully saturated rings. The molecule has 2 heterocycles. The topological polar surface area (TPSA) is 253 Å². The van der Waals surface area contributed by atoms with Gasteiger partial charge in [-0.25, -0.2) is 4.79 Å². The van der Waals surface area contributed by atoms with Gasteiger partial charge in [-0.05, 0) is 90.2 Å². The molecule has 1 saturated carbocycles. The fourth-order valence-electron chi connectivity index (χ4n) is 10.5. The molecule has 2 aliphatic heterocycles. The maximum Gasteiger partial charge on any atom is 0.319 e. The monoisotopic (exact) mass is 1200 g/mol. The summed E-state index contributed by atoms with van der Waals surface area (Å²) in [5, 5.41) is 21.2. The minimum atomic E-state index is -0.693. The molecule has 3 aliphatic rings. The quantitative estimate of drug-likeness (QED) is 0.0257. The van der Waals surface area contributed by atoms with Crippen molar-refractivity contribution in [1.29, 1.82) is 5.26 Å². The van der Waals surface area contributed by atoms with E-state index in [1.54, 1.807) is 60.7 Å². The maximum atomic E-state index is 13.3. The predicted octanol–water partition coefficient (Wildman–Crippen LogP) is 7.31. The van der Waals surface area contributed by atoms with Crippen LogP contribution in [-0.4, -0.2) is 165 Å². The van der Waals surface area contributed by atoms with E-state index in [9.17, 15) is 29.2 Å². The standard InChI is InChI=1S/C61H76Cl2N6O15/c1-60(2)57(61(3,4)58(60)84-49-11-8-44(38-64)51(63)37-49)68-54(71)43-6-9-48(10-7-43)83-32-31-82-30-29-81-28-27-80-26-25-79-24-23-78-22-21-77-20-19-76-18-17-75-16-15-41-34-46(62)36-47(35-41)66-59(74)65-39-42-5-12-50-45(33-42)40-69(56(50)73)52-13-14-53(70)67-55(52)72/h5-12,33-37,52,57-58H,13-32,39-40H2,1-4H3,(H,68,71)(H2,65,66,74)(H,67,70,72). The molecule has 454 valence electrons. The Morgan fingerprint density at radius 1 is 0.667 bits per heavy atom. The first kappa shape index (κ1) is 65.1. The van der Waals surface area contributed by atoms with E-state index in [0.717, 1.165) is 16.7 Å². The van der Waals surface area contributed by atoms with Crippen molar-refractivity contribution >= 4 is 58.5 Å². The summed E-state index contributed by atoms with van der Waals surface area (Å²) in [6.45, 7) is 15.9. The second kappa shape index (κ2) is 32.7. The number of imide groups is 1. The summed E-state index contributed by atoms with van der Waals surface area (Å²) in [6.07, 6.45) is 0.842. The minimum Gasteiger partial charge on any atom is -0.491 e. The van der Waals surface area contributed by atoms with Crippen molar-refractivity contribution in [1.82, 2.24) is 20.9 Å². The first-order valence-corrected chi connectivity index (χ1v) is 28.9. The molecule has 4 N–H and O–H groups in total. The van der Waals surface area contributed by atoms with Gasteiger partial charge in [-0.3, -0.25) is 24.5 Å². The molecular formula is C61H76Cl2N6O15. The van der Waals surface area contributed by atoms with Gasteiger partial charge in [0.05, 0.1) is 116 Å². The van der Waals surface area contributed by atoms with Gasteiger partial charge in [0, 0.05) is 64.3 Å².